The largest absolute Gasteiger partial charge is 0.394 e. The third-order valence-electron chi connectivity index (χ3n) is 1.79. The van der Waals surface area contributed by atoms with Crippen molar-refractivity contribution in [2.24, 2.45) is 0 Å². The van der Waals surface area contributed by atoms with E-state index in [1.807, 2.05) is 18.4 Å². The summed E-state index contributed by atoms with van der Waals surface area (Å²) in [6, 6.07) is 8.86. The first-order valence-corrected chi connectivity index (χ1v) is 5.33. The summed E-state index contributed by atoms with van der Waals surface area (Å²) in [6.45, 7) is 1.86. The third-order valence-corrected chi connectivity index (χ3v) is 2.62. The number of aryl methyl sites for hydroxylation is 1. The van der Waals surface area contributed by atoms with E-state index >= 15 is 0 Å². The Morgan fingerprint density at radius 2 is 2.07 bits per heavy atom. The molecule has 0 fully saturated rings. The summed E-state index contributed by atoms with van der Waals surface area (Å²) in [6.07, 6.45) is 0. The second-order valence-electron chi connectivity index (χ2n) is 3.01. The van der Waals surface area contributed by atoms with Gasteiger partial charge in [0.05, 0.1) is 11.3 Å². The van der Waals surface area contributed by atoms with Crippen LogP contribution in [0.2, 0.25) is 0 Å². The number of aromatic nitrogens is 1. The van der Waals surface area contributed by atoms with Crippen LogP contribution >= 0.6 is 11.3 Å². The van der Waals surface area contributed by atoms with Gasteiger partial charge in [0.1, 0.15) is 0 Å². The number of rotatable bonds is 2. The van der Waals surface area contributed by atoms with Gasteiger partial charge in [0, 0.05) is 5.38 Å². The zero-order valence-corrected chi connectivity index (χ0v) is 8.95. The van der Waals surface area contributed by atoms with Crippen LogP contribution in [0.1, 0.15) is 16.1 Å². The van der Waals surface area contributed by atoms with Crippen molar-refractivity contribution in [1.29, 1.82) is 0 Å². The zero-order chi connectivity index (χ0) is 10.7. The van der Waals surface area contributed by atoms with E-state index in [2.05, 4.69) is 4.98 Å². The maximum Gasteiger partial charge on any atom is 0.345 e. The van der Waals surface area contributed by atoms with E-state index in [-0.39, 0.29) is 5.97 Å². The minimum atomic E-state index is -0.370. The Labute approximate surface area is 91.4 Å². The van der Waals surface area contributed by atoms with Gasteiger partial charge in [0.15, 0.2) is 0 Å². The summed E-state index contributed by atoms with van der Waals surface area (Å²) in [5.41, 5.74) is 1.39. The Morgan fingerprint density at radius 3 is 2.67 bits per heavy atom. The highest BCUT2D eigenvalue weighted by molar-refractivity contribution is 7.11. The first-order valence-electron chi connectivity index (χ1n) is 4.45. The average Bonchev–Trinajstić information content (AvgIpc) is 2.65. The van der Waals surface area contributed by atoms with Crippen LogP contribution in [-0.2, 0) is 0 Å². The highest BCUT2D eigenvalue weighted by Gasteiger charge is 2.09. The summed E-state index contributed by atoms with van der Waals surface area (Å²) in [5, 5.41) is 2.23. The molecule has 2 rings (SSSR count). The van der Waals surface area contributed by atoms with Crippen LogP contribution in [0.15, 0.2) is 35.7 Å². The maximum atomic E-state index is 11.6. The van der Waals surface area contributed by atoms with Crippen LogP contribution in [0.25, 0.3) is 0 Å². The number of carbonyl (C=O) groups excluding carboxylic acids is 1. The molecule has 1 heterocycles. The summed E-state index contributed by atoms with van der Waals surface area (Å²) in [4.78, 5) is 15.6. The number of nitrogens with zero attached hydrogens (tertiary/aromatic N) is 1. The molecule has 0 radical (unpaired) electrons. The number of carbonyl (C=O) groups is 1. The topological polar surface area (TPSA) is 39.2 Å². The lowest BCUT2D eigenvalue weighted by Crippen LogP contribution is -2.07. The maximum absolute atomic E-state index is 11.6. The molecule has 0 aliphatic rings. The van der Waals surface area contributed by atoms with Crippen molar-refractivity contribution < 1.29 is 9.53 Å². The van der Waals surface area contributed by atoms with Crippen molar-refractivity contribution in [3.63, 3.8) is 0 Å². The first kappa shape index (κ1) is 9.86. The van der Waals surface area contributed by atoms with Gasteiger partial charge >= 0.3 is 5.97 Å². The van der Waals surface area contributed by atoms with Gasteiger partial charge in [-0.1, -0.05) is 29.5 Å². The molecule has 0 spiro atoms. The van der Waals surface area contributed by atoms with E-state index in [0.717, 1.165) is 5.69 Å². The molecule has 0 amide bonds. The quantitative estimate of drug-likeness (QED) is 0.729. The highest BCUT2D eigenvalue weighted by Crippen LogP contribution is 2.18. The van der Waals surface area contributed by atoms with Gasteiger partial charge in [-0.15, -0.1) is 0 Å². The molecule has 0 bridgehead atoms. The van der Waals surface area contributed by atoms with E-state index in [1.165, 1.54) is 11.3 Å². The molecule has 0 aliphatic heterocycles. The first-order chi connectivity index (χ1) is 7.25. The Kier molecular flexibility index (Phi) is 2.78. The number of thiazole rings is 1. The number of esters is 1. The van der Waals surface area contributed by atoms with E-state index in [0.29, 0.717) is 10.8 Å². The second kappa shape index (κ2) is 4.23. The van der Waals surface area contributed by atoms with Crippen LogP contribution in [0.3, 0.4) is 0 Å². The summed E-state index contributed by atoms with van der Waals surface area (Å²) in [7, 11) is 0. The summed E-state index contributed by atoms with van der Waals surface area (Å²) in [5.74, 6) is -0.370. The van der Waals surface area contributed by atoms with Crippen molar-refractivity contribution >= 4 is 17.3 Å². The molecule has 3 nitrogen and oxygen atoms in total. The van der Waals surface area contributed by atoms with Crippen LogP contribution < -0.4 is 4.74 Å². The van der Waals surface area contributed by atoms with E-state index < -0.39 is 0 Å². The van der Waals surface area contributed by atoms with Gasteiger partial charge in [-0.3, -0.25) is 0 Å². The molecular formula is C11H9NO2S. The standard InChI is InChI=1S/C11H9NO2S/c1-8-7-15-11(12-8)14-10(13)9-5-3-2-4-6-9/h2-7H,1H3. The lowest BCUT2D eigenvalue weighted by molar-refractivity contribution is 0.0734. The fourth-order valence-corrected chi connectivity index (χ4v) is 1.74. The molecule has 1 aromatic heterocycles. The monoisotopic (exact) mass is 219 g/mol. The van der Waals surface area contributed by atoms with Gasteiger partial charge in [0.25, 0.3) is 5.19 Å². The van der Waals surface area contributed by atoms with Crippen LogP contribution in [0, 0.1) is 6.92 Å². The molecule has 0 aliphatic carbocycles. The van der Waals surface area contributed by atoms with Crippen molar-refractivity contribution in [2.45, 2.75) is 6.92 Å². The summed E-state index contributed by atoms with van der Waals surface area (Å²) < 4.78 is 5.09. The normalized spacial score (nSPS) is 9.93. The van der Waals surface area contributed by atoms with E-state index in [4.69, 9.17) is 4.74 Å². The molecule has 76 valence electrons. The molecule has 1 aromatic carbocycles. The Bertz CT molecular complexity index is 464. The molecular weight excluding hydrogens is 210 g/mol. The molecule has 4 heteroatoms. The SMILES string of the molecule is Cc1csc(OC(=O)c2ccccc2)n1. The number of ether oxygens (including phenoxy) is 1. The smallest absolute Gasteiger partial charge is 0.345 e. The lowest BCUT2D eigenvalue weighted by Gasteiger charge is -1.99. The minimum Gasteiger partial charge on any atom is -0.394 e. The van der Waals surface area contributed by atoms with Crippen molar-refractivity contribution in [1.82, 2.24) is 4.98 Å². The van der Waals surface area contributed by atoms with Gasteiger partial charge in [0.2, 0.25) is 0 Å². The fraction of sp³-hybridized carbons (Fsp3) is 0.0909. The molecule has 0 unspecified atom stereocenters. The Hall–Kier alpha value is -1.68. The molecule has 0 saturated heterocycles. The van der Waals surface area contributed by atoms with Crippen LogP contribution in [0.4, 0.5) is 0 Å². The molecule has 0 atom stereocenters. The lowest BCUT2D eigenvalue weighted by atomic mass is 10.2. The van der Waals surface area contributed by atoms with Crippen molar-refractivity contribution in [3.05, 3.63) is 47.0 Å². The molecule has 15 heavy (non-hydrogen) atoms. The average molecular weight is 219 g/mol. The predicted octanol–water partition coefficient (Wildman–Crippen LogP) is 2.67. The van der Waals surface area contributed by atoms with Crippen molar-refractivity contribution in [3.8, 4) is 5.19 Å². The molecule has 2 aromatic rings. The summed E-state index contributed by atoms with van der Waals surface area (Å²) >= 11 is 1.32. The highest BCUT2D eigenvalue weighted by atomic mass is 32.1. The van der Waals surface area contributed by atoms with E-state index in [1.54, 1.807) is 24.3 Å². The fourth-order valence-electron chi connectivity index (χ4n) is 1.09. The van der Waals surface area contributed by atoms with Crippen molar-refractivity contribution in [2.75, 3.05) is 0 Å². The third kappa shape index (κ3) is 2.41. The van der Waals surface area contributed by atoms with Gasteiger partial charge in [-0.25, -0.2) is 9.78 Å². The van der Waals surface area contributed by atoms with Gasteiger partial charge in [-0.05, 0) is 19.1 Å². The van der Waals surface area contributed by atoms with E-state index in [9.17, 15) is 4.79 Å². The zero-order valence-electron chi connectivity index (χ0n) is 8.14. The number of hydrogen-bond acceptors (Lipinski definition) is 4. The predicted molar refractivity (Wildman–Crippen MR) is 58.3 cm³/mol. The van der Waals surface area contributed by atoms with Crippen LogP contribution in [-0.4, -0.2) is 11.0 Å². The number of hydrogen-bond donors (Lipinski definition) is 0. The van der Waals surface area contributed by atoms with Gasteiger partial charge in [-0.2, -0.15) is 0 Å². The minimum absolute atomic E-state index is 0.370. The molecule has 0 saturated carbocycles. The van der Waals surface area contributed by atoms with Crippen LogP contribution in [0.5, 0.6) is 5.19 Å². The van der Waals surface area contributed by atoms with Gasteiger partial charge < -0.3 is 4.74 Å². The second-order valence-corrected chi connectivity index (χ2v) is 3.83. The number of benzene rings is 1. The molecule has 0 N–H and O–H groups in total. The Balaban J connectivity index is 2.11. The Morgan fingerprint density at radius 1 is 1.33 bits per heavy atom.